The molecule has 1 aromatic rings. The first kappa shape index (κ1) is 8.36. The van der Waals surface area contributed by atoms with Gasteiger partial charge in [-0.25, -0.2) is 0 Å². The van der Waals surface area contributed by atoms with Crippen LogP contribution in [0, 0.1) is 0 Å². The van der Waals surface area contributed by atoms with Crippen LogP contribution in [0.15, 0.2) is 24.3 Å². The molecule has 1 aliphatic rings. The van der Waals surface area contributed by atoms with Gasteiger partial charge in [-0.1, -0.05) is 31.2 Å². The summed E-state index contributed by atoms with van der Waals surface area (Å²) < 4.78 is 0. The van der Waals surface area contributed by atoms with Gasteiger partial charge in [0, 0.05) is 18.3 Å². The van der Waals surface area contributed by atoms with E-state index in [9.17, 15) is 0 Å². The highest BCUT2D eigenvalue weighted by molar-refractivity contribution is 5.71. The van der Waals surface area contributed by atoms with Gasteiger partial charge < -0.3 is 5.32 Å². The summed E-state index contributed by atoms with van der Waals surface area (Å²) in [6.07, 6.45) is 5.65. The normalized spacial score (nSPS) is 19.7. The number of rotatable bonds is 1. The van der Waals surface area contributed by atoms with Crippen molar-refractivity contribution >= 4 is 11.8 Å². The fraction of sp³-hybridized carbons (Fsp3) is 0.333. The van der Waals surface area contributed by atoms with E-state index in [1.165, 1.54) is 23.2 Å². The van der Waals surface area contributed by atoms with Crippen LogP contribution in [-0.2, 0) is 0 Å². The molecule has 2 rings (SSSR count). The summed E-state index contributed by atoms with van der Waals surface area (Å²) in [4.78, 5) is 0. The minimum absolute atomic E-state index is 0.660. The van der Waals surface area contributed by atoms with Gasteiger partial charge in [0.25, 0.3) is 0 Å². The zero-order valence-electron chi connectivity index (χ0n) is 8.17. The van der Waals surface area contributed by atoms with E-state index in [4.69, 9.17) is 0 Å². The second kappa shape index (κ2) is 3.25. The molecule has 1 aromatic carbocycles. The first-order valence-electron chi connectivity index (χ1n) is 4.80. The predicted octanol–water partition coefficient (Wildman–Crippen LogP) is 3.25. The molecule has 0 aromatic heterocycles. The van der Waals surface area contributed by atoms with Crippen LogP contribution in [0.4, 0.5) is 5.69 Å². The third kappa shape index (κ3) is 1.35. The van der Waals surface area contributed by atoms with Crippen molar-refractivity contribution in [2.45, 2.75) is 19.3 Å². The number of benzene rings is 1. The summed E-state index contributed by atoms with van der Waals surface area (Å²) in [5, 5.41) is 3.22. The van der Waals surface area contributed by atoms with Crippen LogP contribution < -0.4 is 5.32 Å². The molecule has 1 nitrogen and oxygen atoms in total. The number of hydrogen-bond acceptors (Lipinski definition) is 1. The average Bonchev–Trinajstić information content (AvgIpc) is 2.18. The molecule has 1 heteroatoms. The average molecular weight is 173 g/mol. The molecule has 0 fully saturated rings. The Morgan fingerprint density at radius 3 is 3.00 bits per heavy atom. The fourth-order valence-corrected chi connectivity index (χ4v) is 1.93. The molecule has 0 saturated heterocycles. The summed E-state index contributed by atoms with van der Waals surface area (Å²) >= 11 is 0. The quantitative estimate of drug-likeness (QED) is 0.687. The van der Waals surface area contributed by atoms with Crippen molar-refractivity contribution < 1.29 is 0 Å². The Morgan fingerprint density at radius 2 is 2.23 bits per heavy atom. The van der Waals surface area contributed by atoms with Gasteiger partial charge in [-0.3, -0.25) is 0 Å². The lowest BCUT2D eigenvalue weighted by atomic mass is 9.88. The van der Waals surface area contributed by atoms with E-state index in [1.807, 2.05) is 7.05 Å². The third-order valence-corrected chi connectivity index (χ3v) is 2.71. The predicted molar refractivity (Wildman–Crippen MR) is 58.1 cm³/mol. The van der Waals surface area contributed by atoms with Crippen LogP contribution in [0.1, 0.15) is 30.4 Å². The Hall–Kier alpha value is -1.24. The Kier molecular flexibility index (Phi) is 2.09. The summed E-state index contributed by atoms with van der Waals surface area (Å²) in [7, 11) is 1.97. The highest BCUT2D eigenvalue weighted by atomic mass is 14.8. The van der Waals surface area contributed by atoms with Gasteiger partial charge in [0.05, 0.1) is 0 Å². The molecular weight excluding hydrogens is 158 g/mol. The molecule has 1 atom stereocenters. The Labute approximate surface area is 79.5 Å². The Morgan fingerprint density at radius 1 is 1.38 bits per heavy atom. The van der Waals surface area contributed by atoms with Gasteiger partial charge in [-0.2, -0.15) is 0 Å². The number of fused-ring (bicyclic) bond motifs is 1. The number of hydrogen-bond donors (Lipinski definition) is 1. The fourth-order valence-electron chi connectivity index (χ4n) is 1.93. The minimum atomic E-state index is 0.660. The van der Waals surface area contributed by atoms with Crippen LogP contribution in [0.5, 0.6) is 0 Å². The summed E-state index contributed by atoms with van der Waals surface area (Å²) in [5.41, 5.74) is 4.07. The van der Waals surface area contributed by atoms with Crippen LogP contribution in [0.2, 0.25) is 0 Å². The second-order valence-corrected chi connectivity index (χ2v) is 3.60. The van der Waals surface area contributed by atoms with Crippen molar-refractivity contribution in [3.05, 3.63) is 35.4 Å². The molecule has 0 saturated carbocycles. The van der Waals surface area contributed by atoms with E-state index >= 15 is 0 Å². The van der Waals surface area contributed by atoms with E-state index in [0.717, 1.165) is 0 Å². The molecule has 13 heavy (non-hydrogen) atoms. The molecule has 0 spiro atoms. The molecule has 0 amide bonds. The van der Waals surface area contributed by atoms with Crippen LogP contribution in [0.25, 0.3) is 6.08 Å². The zero-order chi connectivity index (χ0) is 9.26. The molecule has 0 aliphatic heterocycles. The monoisotopic (exact) mass is 173 g/mol. The zero-order valence-corrected chi connectivity index (χ0v) is 8.17. The first-order valence-corrected chi connectivity index (χ1v) is 4.80. The molecule has 0 heterocycles. The smallest absolute Gasteiger partial charge is 0.0413 e. The van der Waals surface area contributed by atoms with Crippen molar-refractivity contribution in [1.29, 1.82) is 0 Å². The summed E-state index contributed by atoms with van der Waals surface area (Å²) in [5.74, 6) is 0.660. The minimum Gasteiger partial charge on any atom is -0.388 e. The van der Waals surface area contributed by atoms with Crippen molar-refractivity contribution in [3.63, 3.8) is 0 Å². The van der Waals surface area contributed by atoms with Crippen LogP contribution in [-0.4, -0.2) is 7.05 Å². The van der Waals surface area contributed by atoms with Gasteiger partial charge in [-0.05, 0) is 24.0 Å². The van der Waals surface area contributed by atoms with E-state index in [1.54, 1.807) is 0 Å². The molecule has 68 valence electrons. The lowest BCUT2D eigenvalue weighted by Crippen LogP contribution is -2.02. The molecule has 0 bridgehead atoms. The van der Waals surface area contributed by atoms with Gasteiger partial charge in [0.2, 0.25) is 0 Å². The highest BCUT2D eigenvalue weighted by Crippen LogP contribution is 2.33. The lowest BCUT2D eigenvalue weighted by molar-refractivity contribution is 0.772. The standard InChI is InChI=1S/C12H15N/c1-9-5-3-7-11-10(9)6-4-8-12(11)13-2/h3-4,6-9,13H,5H2,1-2H3. The highest BCUT2D eigenvalue weighted by Gasteiger charge is 2.13. The van der Waals surface area contributed by atoms with E-state index < -0.39 is 0 Å². The molecule has 1 aliphatic carbocycles. The maximum atomic E-state index is 3.22. The van der Waals surface area contributed by atoms with Gasteiger partial charge in [-0.15, -0.1) is 0 Å². The lowest BCUT2D eigenvalue weighted by Gasteiger charge is -2.20. The number of nitrogens with one attached hydrogen (secondary N) is 1. The van der Waals surface area contributed by atoms with Crippen molar-refractivity contribution in [1.82, 2.24) is 0 Å². The molecule has 1 N–H and O–H groups in total. The van der Waals surface area contributed by atoms with Crippen molar-refractivity contribution in [2.75, 3.05) is 12.4 Å². The Balaban J connectivity index is 2.56. The van der Waals surface area contributed by atoms with Crippen LogP contribution >= 0.6 is 0 Å². The van der Waals surface area contributed by atoms with Gasteiger partial charge in [0.1, 0.15) is 0 Å². The number of allylic oxidation sites excluding steroid dienone is 1. The van der Waals surface area contributed by atoms with Crippen LogP contribution in [0.3, 0.4) is 0 Å². The second-order valence-electron chi connectivity index (χ2n) is 3.60. The van der Waals surface area contributed by atoms with E-state index in [0.29, 0.717) is 5.92 Å². The summed E-state index contributed by atoms with van der Waals surface area (Å²) in [6.45, 7) is 2.28. The van der Waals surface area contributed by atoms with Gasteiger partial charge in [0.15, 0.2) is 0 Å². The maximum Gasteiger partial charge on any atom is 0.0413 e. The first-order chi connectivity index (χ1) is 6.33. The largest absolute Gasteiger partial charge is 0.388 e. The molecule has 0 radical (unpaired) electrons. The SMILES string of the molecule is CNc1cccc2c1C=CCC2C. The van der Waals surface area contributed by atoms with E-state index in [2.05, 4.69) is 42.6 Å². The molecular formula is C12H15N. The van der Waals surface area contributed by atoms with Crippen molar-refractivity contribution in [2.24, 2.45) is 0 Å². The maximum absolute atomic E-state index is 3.22. The molecule has 1 unspecified atom stereocenters. The van der Waals surface area contributed by atoms with E-state index in [-0.39, 0.29) is 0 Å². The summed E-state index contributed by atoms with van der Waals surface area (Å²) in [6, 6.07) is 6.48. The van der Waals surface area contributed by atoms with Gasteiger partial charge >= 0.3 is 0 Å². The topological polar surface area (TPSA) is 12.0 Å². The van der Waals surface area contributed by atoms with Crippen molar-refractivity contribution in [3.8, 4) is 0 Å². The number of anilines is 1. The Bertz CT molecular complexity index is 339. The third-order valence-electron chi connectivity index (χ3n) is 2.71.